The Hall–Kier alpha value is -1.09. The highest BCUT2D eigenvalue weighted by Crippen LogP contribution is 2.24. The Bertz CT molecular complexity index is 412. The van der Waals surface area contributed by atoms with E-state index in [0.717, 1.165) is 24.9 Å². The Kier molecular flexibility index (Phi) is 4.25. The molecule has 0 unspecified atom stereocenters. The van der Waals surface area contributed by atoms with E-state index in [2.05, 4.69) is 40.8 Å². The van der Waals surface area contributed by atoms with Gasteiger partial charge >= 0.3 is 0 Å². The summed E-state index contributed by atoms with van der Waals surface area (Å²) in [5, 5.41) is 0. The van der Waals surface area contributed by atoms with Crippen LogP contribution in [0.1, 0.15) is 51.0 Å². The number of piperidine rings is 1. The number of pyridine rings is 1. The predicted octanol–water partition coefficient (Wildman–Crippen LogP) is 3.27. The lowest BCUT2D eigenvalue weighted by Gasteiger charge is -2.37. The molecular weight excluding hydrogens is 246 g/mol. The first-order valence-corrected chi connectivity index (χ1v) is 8.19. The van der Waals surface area contributed by atoms with Crippen molar-refractivity contribution in [3.05, 3.63) is 23.9 Å². The predicted molar refractivity (Wildman–Crippen MR) is 84.4 cm³/mol. The van der Waals surface area contributed by atoms with Crippen LogP contribution in [0.5, 0.6) is 0 Å². The van der Waals surface area contributed by atoms with Crippen LogP contribution in [0.25, 0.3) is 0 Å². The standard InChI is InChI=1S/C17H27N3/c1-14(2)15-5-6-17(18-13-15)20-11-7-16(8-12-20)19-9-3-4-10-19/h5-6,13-14,16H,3-4,7-12H2,1-2H3. The molecule has 0 spiro atoms. The normalized spacial score (nSPS) is 21.9. The van der Waals surface area contributed by atoms with Crippen molar-refractivity contribution < 1.29 is 0 Å². The van der Waals surface area contributed by atoms with Gasteiger partial charge in [-0.3, -0.25) is 0 Å². The number of nitrogens with zero attached hydrogens (tertiary/aromatic N) is 3. The molecule has 0 radical (unpaired) electrons. The van der Waals surface area contributed by atoms with Crippen molar-refractivity contribution in [2.45, 2.75) is 51.5 Å². The van der Waals surface area contributed by atoms with Crippen molar-refractivity contribution in [3.8, 4) is 0 Å². The van der Waals surface area contributed by atoms with Gasteiger partial charge in [-0.25, -0.2) is 4.98 Å². The van der Waals surface area contributed by atoms with Crippen LogP contribution in [-0.4, -0.2) is 42.1 Å². The van der Waals surface area contributed by atoms with E-state index < -0.39 is 0 Å². The molecule has 0 aliphatic carbocycles. The summed E-state index contributed by atoms with van der Waals surface area (Å²) in [6.07, 6.45) is 7.45. The van der Waals surface area contributed by atoms with Crippen molar-refractivity contribution >= 4 is 5.82 Å². The Balaban J connectivity index is 1.57. The van der Waals surface area contributed by atoms with E-state index in [-0.39, 0.29) is 0 Å². The zero-order chi connectivity index (χ0) is 13.9. The maximum atomic E-state index is 4.66. The van der Waals surface area contributed by atoms with E-state index >= 15 is 0 Å². The average molecular weight is 273 g/mol. The Morgan fingerprint density at radius 2 is 1.75 bits per heavy atom. The summed E-state index contributed by atoms with van der Waals surface area (Å²) in [5.74, 6) is 1.73. The van der Waals surface area contributed by atoms with Crippen LogP contribution in [0.15, 0.2) is 18.3 Å². The lowest BCUT2D eigenvalue weighted by Crippen LogP contribution is -2.44. The molecule has 3 heteroatoms. The molecule has 3 rings (SSSR count). The summed E-state index contributed by atoms with van der Waals surface area (Å²) >= 11 is 0. The highest BCUT2D eigenvalue weighted by Gasteiger charge is 2.26. The number of aromatic nitrogens is 1. The second-order valence-electron chi connectivity index (χ2n) is 6.57. The summed E-state index contributed by atoms with van der Waals surface area (Å²) in [7, 11) is 0. The van der Waals surface area contributed by atoms with Gasteiger partial charge in [-0.15, -0.1) is 0 Å². The van der Waals surface area contributed by atoms with Crippen molar-refractivity contribution in [2.75, 3.05) is 31.1 Å². The molecule has 0 aromatic carbocycles. The molecule has 110 valence electrons. The van der Waals surface area contributed by atoms with Crippen LogP contribution in [0, 0.1) is 0 Å². The first-order valence-electron chi connectivity index (χ1n) is 8.19. The molecule has 0 atom stereocenters. The molecule has 3 heterocycles. The quantitative estimate of drug-likeness (QED) is 0.842. The van der Waals surface area contributed by atoms with Crippen LogP contribution in [-0.2, 0) is 0 Å². The minimum absolute atomic E-state index is 0.567. The molecule has 2 saturated heterocycles. The number of hydrogen-bond donors (Lipinski definition) is 0. The average Bonchev–Trinajstić information content (AvgIpc) is 3.02. The molecule has 3 nitrogen and oxygen atoms in total. The molecule has 0 saturated carbocycles. The minimum Gasteiger partial charge on any atom is -0.357 e. The highest BCUT2D eigenvalue weighted by atomic mass is 15.2. The molecule has 0 N–H and O–H groups in total. The summed E-state index contributed by atoms with van der Waals surface area (Å²) in [6.45, 7) is 9.42. The van der Waals surface area contributed by atoms with Crippen molar-refractivity contribution in [2.24, 2.45) is 0 Å². The molecule has 2 fully saturated rings. The van der Waals surface area contributed by atoms with E-state index in [1.165, 1.54) is 44.3 Å². The summed E-state index contributed by atoms with van der Waals surface area (Å²) in [4.78, 5) is 9.81. The van der Waals surface area contributed by atoms with Gasteiger partial charge in [-0.05, 0) is 56.3 Å². The molecule has 2 aliphatic rings. The van der Waals surface area contributed by atoms with Gasteiger partial charge in [0, 0.05) is 25.3 Å². The van der Waals surface area contributed by atoms with Crippen molar-refractivity contribution in [3.63, 3.8) is 0 Å². The number of hydrogen-bond acceptors (Lipinski definition) is 3. The van der Waals surface area contributed by atoms with Gasteiger partial charge < -0.3 is 9.80 Å². The first kappa shape index (κ1) is 13.9. The molecule has 1 aromatic rings. The topological polar surface area (TPSA) is 19.4 Å². The maximum absolute atomic E-state index is 4.66. The molecule has 2 aliphatic heterocycles. The minimum atomic E-state index is 0.567. The summed E-state index contributed by atoms with van der Waals surface area (Å²) < 4.78 is 0. The van der Waals surface area contributed by atoms with Gasteiger partial charge in [-0.1, -0.05) is 19.9 Å². The summed E-state index contributed by atoms with van der Waals surface area (Å²) in [6, 6.07) is 5.26. The van der Waals surface area contributed by atoms with E-state index in [0.29, 0.717) is 5.92 Å². The second kappa shape index (κ2) is 6.13. The Morgan fingerprint density at radius 1 is 1.05 bits per heavy atom. The number of anilines is 1. The molecule has 0 bridgehead atoms. The van der Waals surface area contributed by atoms with Crippen LogP contribution in [0.4, 0.5) is 5.82 Å². The zero-order valence-electron chi connectivity index (χ0n) is 12.9. The van der Waals surface area contributed by atoms with Crippen LogP contribution >= 0.6 is 0 Å². The summed E-state index contributed by atoms with van der Waals surface area (Å²) in [5.41, 5.74) is 1.33. The third-order valence-electron chi connectivity index (χ3n) is 4.88. The largest absolute Gasteiger partial charge is 0.357 e. The maximum Gasteiger partial charge on any atom is 0.128 e. The smallest absolute Gasteiger partial charge is 0.128 e. The number of rotatable bonds is 3. The van der Waals surface area contributed by atoms with Crippen molar-refractivity contribution in [1.29, 1.82) is 0 Å². The van der Waals surface area contributed by atoms with Gasteiger partial charge in [0.2, 0.25) is 0 Å². The van der Waals surface area contributed by atoms with E-state index in [1.54, 1.807) is 0 Å². The third-order valence-corrected chi connectivity index (χ3v) is 4.88. The molecule has 20 heavy (non-hydrogen) atoms. The van der Waals surface area contributed by atoms with Gasteiger partial charge in [0.15, 0.2) is 0 Å². The van der Waals surface area contributed by atoms with Gasteiger partial charge in [0.05, 0.1) is 0 Å². The van der Waals surface area contributed by atoms with Gasteiger partial charge in [0.1, 0.15) is 5.82 Å². The monoisotopic (exact) mass is 273 g/mol. The van der Waals surface area contributed by atoms with Gasteiger partial charge in [0.25, 0.3) is 0 Å². The Labute approximate surface area is 123 Å². The van der Waals surface area contributed by atoms with E-state index in [4.69, 9.17) is 0 Å². The SMILES string of the molecule is CC(C)c1ccc(N2CCC(N3CCCC3)CC2)nc1. The number of likely N-dealkylation sites (tertiary alicyclic amines) is 1. The zero-order valence-corrected chi connectivity index (χ0v) is 12.9. The molecule has 0 amide bonds. The van der Waals surface area contributed by atoms with Crippen LogP contribution < -0.4 is 4.90 Å². The first-order chi connectivity index (χ1) is 9.74. The van der Waals surface area contributed by atoms with E-state index in [9.17, 15) is 0 Å². The second-order valence-corrected chi connectivity index (χ2v) is 6.57. The van der Waals surface area contributed by atoms with Gasteiger partial charge in [-0.2, -0.15) is 0 Å². The molecule has 1 aromatic heterocycles. The highest BCUT2D eigenvalue weighted by molar-refractivity contribution is 5.40. The fourth-order valence-electron chi connectivity index (χ4n) is 3.49. The van der Waals surface area contributed by atoms with Crippen LogP contribution in [0.3, 0.4) is 0 Å². The van der Waals surface area contributed by atoms with E-state index in [1.807, 2.05) is 6.20 Å². The van der Waals surface area contributed by atoms with Crippen molar-refractivity contribution in [1.82, 2.24) is 9.88 Å². The lowest BCUT2D eigenvalue weighted by molar-refractivity contribution is 0.207. The fraction of sp³-hybridized carbons (Fsp3) is 0.706. The molecular formula is C17H27N3. The third kappa shape index (κ3) is 2.98. The lowest BCUT2D eigenvalue weighted by atomic mass is 10.0. The van der Waals surface area contributed by atoms with Crippen LogP contribution in [0.2, 0.25) is 0 Å². The fourth-order valence-corrected chi connectivity index (χ4v) is 3.49. The Morgan fingerprint density at radius 3 is 2.30 bits per heavy atom.